The first kappa shape index (κ1) is 28.7. The second kappa shape index (κ2) is 10.7. The summed E-state index contributed by atoms with van der Waals surface area (Å²) in [7, 11) is 4.08. The number of nitrogens with zero attached hydrogens (tertiary/aromatic N) is 6. The van der Waals surface area contributed by atoms with E-state index in [2.05, 4.69) is 32.9 Å². The highest BCUT2D eigenvalue weighted by atomic mass is 19.1. The zero-order chi connectivity index (χ0) is 31.7. The zero-order valence-electron chi connectivity index (χ0n) is 25.9. The molecule has 4 heterocycles. The molecule has 2 aliphatic heterocycles. The van der Waals surface area contributed by atoms with E-state index in [0.717, 1.165) is 49.9 Å². The van der Waals surface area contributed by atoms with Gasteiger partial charge in [-0.25, -0.2) is 8.78 Å². The Kier molecular flexibility index (Phi) is 6.66. The summed E-state index contributed by atoms with van der Waals surface area (Å²) in [6.07, 6.45) is 13.3. The van der Waals surface area contributed by atoms with Crippen molar-refractivity contribution in [2.75, 3.05) is 25.1 Å². The summed E-state index contributed by atoms with van der Waals surface area (Å²) in [6.45, 7) is 2.62. The third-order valence-corrected chi connectivity index (χ3v) is 10.3. The summed E-state index contributed by atoms with van der Waals surface area (Å²) in [5.74, 6) is 1.66. The Morgan fingerprint density at radius 1 is 1.07 bits per heavy atom. The Hall–Kier alpha value is -4.75. The lowest BCUT2D eigenvalue weighted by atomic mass is 9.76. The van der Waals surface area contributed by atoms with Crippen LogP contribution in [0.3, 0.4) is 0 Å². The van der Waals surface area contributed by atoms with Gasteiger partial charge in [0.05, 0.1) is 24.4 Å². The number of likely N-dealkylation sites (tertiary alicyclic amines) is 1. The fraction of sp³-hybridized carbons (Fsp3) is 0.361. The van der Waals surface area contributed by atoms with Crippen LogP contribution in [0.5, 0.6) is 11.8 Å². The molecule has 1 N–H and O–H groups in total. The van der Waals surface area contributed by atoms with Crippen LogP contribution < -0.4 is 9.64 Å². The van der Waals surface area contributed by atoms with E-state index in [1.807, 2.05) is 13.2 Å². The van der Waals surface area contributed by atoms with Crippen LogP contribution in [0.2, 0.25) is 0 Å². The van der Waals surface area contributed by atoms with Crippen LogP contribution in [0.15, 0.2) is 42.6 Å². The maximum atomic E-state index is 16.9. The van der Waals surface area contributed by atoms with Crippen molar-refractivity contribution in [3.8, 4) is 35.2 Å². The van der Waals surface area contributed by atoms with Crippen LogP contribution in [-0.4, -0.2) is 56.0 Å². The lowest BCUT2D eigenvalue weighted by Crippen LogP contribution is -2.50. The molecule has 234 valence electrons. The number of aryl methyl sites for hydroxylation is 1. The standard InChI is InChI=1S/C36H34F2N6O2/c1-4-24-28(37)11-8-21-15-23(45)16-27(31(21)24)25-9-10-26-33(32(25)38)39-35(40-34(26)44-18-22-17-43(3)41-29(22)19-44)46-20-36-12-5-7-30(36)42(2)14-6-13-36/h1,8-11,15-17,30,45H,5-7,12-14,18-20H2,2-3H3/t30-,36-/m1/s1. The van der Waals surface area contributed by atoms with Gasteiger partial charge >= 0.3 is 6.01 Å². The van der Waals surface area contributed by atoms with E-state index in [-0.39, 0.29) is 39.4 Å². The lowest BCUT2D eigenvalue weighted by Gasteiger charge is -2.44. The average Bonchev–Trinajstić information content (AvgIpc) is 3.74. The van der Waals surface area contributed by atoms with Crippen LogP contribution >= 0.6 is 0 Å². The highest BCUT2D eigenvalue weighted by Gasteiger charge is 2.47. The fourth-order valence-corrected chi connectivity index (χ4v) is 8.24. The Morgan fingerprint density at radius 2 is 1.91 bits per heavy atom. The molecule has 0 unspecified atom stereocenters. The average molecular weight is 621 g/mol. The third kappa shape index (κ3) is 4.48. The number of halogens is 2. The molecule has 0 spiro atoms. The molecule has 1 saturated heterocycles. The van der Waals surface area contributed by atoms with Gasteiger partial charge in [0.1, 0.15) is 22.9 Å². The van der Waals surface area contributed by atoms with E-state index in [0.29, 0.717) is 47.7 Å². The van der Waals surface area contributed by atoms with Crippen molar-refractivity contribution in [1.29, 1.82) is 0 Å². The van der Waals surface area contributed by atoms with E-state index in [1.54, 1.807) is 16.8 Å². The highest BCUT2D eigenvalue weighted by Crippen LogP contribution is 2.48. The highest BCUT2D eigenvalue weighted by molar-refractivity contribution is 6.04. The van der Waals surface area contributed by atoms with E-state index in [9.17, 15) is 9.50 Å². The second-order valence-corrected chi connectivity index (χ2v) is 13.1. The van der Waals surface area contributed by atoms with Crippen molar-refractivity contribution in [2.24, 2.45) is 12.5 Å². The minimum Gasteiger partial charge on any atom is -0.508 e. The maximum absolute atomic E-state index is 16.9. The molecular formula is C36H34F2N6O2. The van der Waals surface area contributed by atoms with Gasteiger partial charge in [-0.1, -0.05) is 24.5 Å². The van der Waals surface area contributed by atoms with Crippen molar-refractivity contribution in [3.05, 3.63) is 71.1 Å². The summed E-state index contributed by atoms with van der Waals surface area (Å²) in [6, 6.07) is 9.62. The predicted octanol–water partition coefficient (Wildman–Crippen LogP) is 6.31. The van der Waals surface area contributed by atoms with Gasteiger partial charge in [0.25, 0.3) is 0 Å². The van der Waals surface area contributed by atoms with Crippen molar-refractivity contribution >= 4 is 27.5 Å². The SMILES string of the molecule is C#Cc1c(F)ccc2cc(O)cc(-c3ccc4c(N5Cc6cn(C)nc6C5)nc(OC[C@]56CCC[C@H]5N(C)CCC6)nc4c3F)c12. The van der Waals surface area contributed by atoms with Crippen molar-refractivity contribution in [3.63, 3.8) is 0 Å². The fourth-order valence-electron chi connectivity index (χ4n) is 8.24. The summed E-state index contributed by atoms with van der Waals surface area (Å²) in [4.78, 5) is 14.1. The molecule has 0 radical (unpaired) electrons. The number of anilines is 1. The van der Waals surface area contributed by atoms with Crippen LogP contribution in [0.25, 0.3) is 32.8 Å². The normalized spacial score (nSPS) is 21.1. The molecule has 3 aliphatic rings. The van der Waals surface area contributed by atoms with E-state index in [1.165, 1.54) is 24.3 Å². The molecule has 1 saturated carbocycles. The van der Waals surface area contributed by atoms with E-state index >= 15 is 4.39 Å². The minimum absolute atomic E-state index is 0.00449. The molecule has 8 nitrogen and oxygen atoms in total. The topological polar surface area (TPSA) is 79.5 Å². The number of phenols is 1. The number of fused-ring (bicyclic) bond motifs is 4. The third-order valence-electron chi connectivity index (χ3n) is 10.3. The molecule has 46 heavy (non-hydrogen) atoms. The Bertz CT molecular complexity index is 2060. The summed E-state index contributed by atoms with van der Waals surface area (Å²) >= 11 is 0. The van der Waals surface area contributed by atoms with Crippen LogP contribution in [-0.2, 0) is 20.1 Å². The first-order chi connectivity index (χ1) is 22.2. The van der Waals surface area contributed by atoms with Gasteiger partial charge in [0.15, 0.2) is 5.82 Å². The first-order valence-corrected chi connectivity index (χ1v) is 15.8. The largest absolute Gasteiger partial charge is 0.508 e. The van der Waals surface area contributed by atoms with Crippen LogP contribution in [0.1, 0.15) is 48.9 Å². The molecule has 10 heteroatoms. The molecule has 5 aromatic rings. The van der Waals surface area contributed by atoms with Gasteiger partial charge in [0.2, 0.25) is 0 Å². The van der Waals surface area contributed by atoms with Gasteiger partial charge in [-0.3, -0.25) is 4.68 Å². The molecule has 1 aliphatic carbocycles. The van der Waals surface area contributed by atoms with Gasteiger partial charge in [-0.2, -0.15) is 15.1 Å². The maximum Gasteiger partial charge on any atom is 0.319 e. The second-order valence-electron chi connectivity index (χ2n) is 13.1. The van der Waals surface area contributed by atoms with E-state index in [4.69, 9.17) is 16.1 Å². The number of aromatic hydroxyl groups is 1. The molecule has 8 rings (SSSR count). The van der Waals surface area contributed by atoms with Crippen molar-refractivity contribution < 1.29 is 18.6 Å². The zero-order valence-corrected chi connectivity index (χ0v) is 25.9. The summed E-state index contributed by atoms with van der Waals surface area (Å²) < 4.78 is 40.0. The molecular weight excluding hydrogens is 586 g/mol. The van der Waals surface area contributed by atoms with Crippen molar-refractivity contribution in [1.82, 2.24) is 24.6 Å². The molecule has 2 atom stereocenters. The Morgan fingerprint density at radius 3 is 2.74 bits per heavy atom. The van der Waals surface area contributed by atoms with Crippen LogP contribution in [0.4, 0.5) is 14.6 Å². The Labute approximate surface area is 265 Å². The van der Waals surface area contributed by atoms with Crippen LogP contribution in [0, 0.1) is 29.4 Å². The lowest BCUT2D eigenvalue weighted by molar-refractivity contribution is 0.0133. The number of ether oxygens (including phenoxy) is 1. The van der Waals surface area contributed by atoms with Gasteiger partial charge in [-0.05, 0) is 74.5 Å². The number of aromatic nitrogens is 4. The number of phenolic OH excluding ortho intramolecular Hbond substituents is 1. The number of hydrogen-bond donors (Lipinski definition) is 1. The van der Waals surface area contributed by atoms with E-state index < -0.39 is 11.6 Å². The van der Waals surface area contributed by atoms with Gasteiger partial charge in [0, 0.05) is 53.1 Å². The predicted molar refractivity (Wildman–Crippen MR) is 173 cm³/mol. The summed E-state index contributed by atoms with van der Waals surface area (Å²) in [5.41, 5.74) is 2.55. The number of terminal acetylenes is 1. The minimum atomic E-state index is -0.630. The quantitative estimate of drug-likeness (QED) is 0.231. The smallest absolute Gasteiger partial charge is 0.319 e. The molecule has 0 amide bonds. The number of benzene rings is 3. The number of rotatable bonds is 5. The molecule has 3 aromatic carbocycles. The summed E-state index contributed by atoms with van der Waals surface area (Å²) in [5, 5.41) is 16.5. The van der Waals surface area contributed by atoms with Crippen molar-refractivity contribution in [2.45, 2.75) is 51.2 Å². The van der Waals surface area contributed by atoms with Gasteiger partial charge < -0.3 is 19.6 Å². The molecule has 2 fully saturated rings. The molecule has 0 bridgehead atoms. The molecule has 2 aromatic heterocycles. The Balaban J connectivity index is 1.27. The monoisotopic (exact) mass is 620 g/mol. The number of piperidine rings is 1. The first-order valence-electron chi connectivity index (χ1n) is 15.8. The van der Waals surface area contributed by atoms with Gasteiger partial charge in [-0.15, -0.1) is 6.42 Å². The number of hydrogen-bond acceptors (Lipinski definition) is 7.